The molecule has 0 spiro atoms. The average Bonchev–Trinajstić information content (AvgIpc) is 2.11. The molecule has 1 unspecified atom stereocenters. The molecule has 0 heterocycles. The van der Waals surface area contributed by atoms with Crippen LogP contribution in [0, 0.1) is 0 Å². The number of alkyl halides is 1. The second kappa shape index (κ2) is 6.92. The molecule has 3 nitrogen and oxygen atoms in total. The molecule has 0 fully saturated rings. The lowest BCUT2D eigenvalue weighted by Gasteiger charge is -2.21. The van der Waals surface area contributed by atoms with Crippen LogP contribution in [-0.2, 0) is 9.53 Å². The maximum absolute atomic E-state index is 11.4. The van der Waals surface area contributed by atoms with Gasteiger partial charge in [0.25, 0.3) is 0 Å². The first kappa shape index (κ1) is 12.5. The standard InChI is InChI=1S/C9H16ClNO2/c1-4-5-11(6-7-13-3)9(12)8(2)10/h4,8H,1,5-7H2,2-3H3. The van der Waals surface area contributed by atoms with E-state index < -0.39 is 5.38 Å². The highest BCUT2D eigenvalue weighted by molar-refractivity contribution is 6.30. The van der Waals surface area contributed by atoms with E-state index in [1.807, 2.05) is 0 Å². The second-order valence-electron chi connectivity index (χ2n) is 2.68. The van der Waals surface area contributed by atoms with Gasteiger partial charge in [-0.25, -0.2) is 0 Å². The molecule has 0 saturated carbocycles. The SMILES string of the molecule is C=CCN(CCOC)C(=O)C(C)Cl. The highest BCUT2D eigenvalue weighted by Gasteiger charge is 2.16. The molecule has 0 aromatic heterocycles. The van der Waals surface area contributed by atoms with E-state index in [2.05, 4.69) is 6.58 Å². The smallest absolute Gasteiger partial charge is 0.240 e. The quantitative estimate of drug-likeness (QED) is 0.483. The number of hydrogen-bond acceptors (Lipinski definition) is 2. The second-order valence-corrected chi connectivity index (χ2v) is 3.34. The number of rotatable bonds is 6. The Morgan fingerprint density at radius 1 is 1.77 bits per heavy atom. The molecule has 13 heavy (non-hydrogen) atoms. The predicted molar refractivity (Wildman–Crippen MR) is 54.0 cm³/mol. The highest BCUT2D eigenvalue weighted by Crippen LogP contribution is 2.01. The molecule has 76 valence electrons. The van der Waals surface area contributed by atoms with Crippen LogP contribution in [0.3, 0.4) is 0 Å². The lowest BCUT2D eigenvalue weighted by atomic mass is 10.3. The van der Waals surface area contributed by atoms with Crippen molar-refractivity contribution < 1.29 is 9.53 Å². The Hall–Kier alpha value is -0.540. The molecule has 1 amide bonds. The summed E-state index contributed by atoms with van der Waals surface area (Å²) in [4.78, 5) is 13.0. The van der Waals surface area contributed by atoms with Crippen molar-refractivity contribution in [2.24, 2.45) is 0 Å². The summed E-state index contributed by atoms with van der Waals surface area (Å²) in [5.41, 5.74) is 0. The van der Waals surface area contributed by atoms with Crippen molar-refractivity contribution in [1.82, 2.24) is 4.90 Å². The molecule has 0 aliphatic rings. The Kier molecular flexibility index (Phi) is 6.63. The Labute approximate surface area is 84.3 Å². The van der Waals surface area contributed by atoms with E-state index in [0.717, 1.165) is 0 Å². The maximum Gasteiger partial charge on any atom is 0.240 e. The molecule has 0 aliphatic carbocycles. The van der Waals surface area contributed by atoms with Crippen LogP contribution in [0.4, 0.5) is 0 Å². The lowest BCUT2D eigenvalue weighted by molar-refractivity contribution is -0.130. The van der Waals surface area contributed by atoms with Crippen molar-refractivity contribution in [3.63, 3.8) is 0 Å². The fourth-order valence-corrected chi connectivity index (χ4v) is 1.04. The van der Waals surface area contributed by atoms with Crippen LogP contribution in [0.15, 0.2) is 12.7 Å². The first-order valence-electron chi connectivity index (χ1n) is 4.16. The van der Waals surface area contributed by atoms with Gasteiger partial charge in [0.15, 0.2) is 0 Å². The van der Waals surface area contributed by atoms with E-state index in [9.17, 15) is 4.79 Å². The van der Waals surface area contributed by atoms with Gasteiger partial charge in [0.2, 0.25) is 5.91 Å². The van der Waals surface area contributed by atoms with Gasteiger partial charge >= 0.3 is 0 Å². The highest BCUT2D eigenvalue weighted by atomic mass is 35.5. The summed E-state index contributed by atoms with van der Waals surface area (Å²) in [7, 11) is 1.60. The lowest BCUT2D eigenvalue weighted by Crippen LogP contribution is -2.38. The predicted octanol–water partition coefficient (Wildman–Crippen LogP) is 1.27. The van der Waals surface area contributed by atoms with Gasteiger partial charge in [-0.1, -0.05) is 6.08 Å². The molecule has 0 aliphatic heterocycles. The van der Waals surface area contributed by atoms with E-state index in [4.69, 9.17) is 16.3 Å². The third kappa shape index (κ3) is 4.90. The van der Waals surface area contributed by atoms with Crippen molar-refractivity contribution in [2.75, 3.05) is 26.8 Å². The van der Waals surface area contributed by atoms with E-state index in [-0.39, 0.29) is 5.91 Å². The molecule has 1 atom stereocenters. The van der Waals surface area contributed by atoms with Crippen LogP contribution in [-0.4, -0.2) is 43.0 Å². The van der Waals surface area contributed by atoms with Crippen molar-refractivity contribution in [3.8, 4) is 0 Å². The Morgan fingerprint density at radius 3 is 2.77 bits per heavy atom. The number of hydrogen-bond donors (Lipinski definition) is 0. The zero-order valence-corrected chi connectivity index (χ0v) is 8.88. The van der Waals surface area contributed by atoms with Gasteiger partial charge in [-0.3, -0.25) is 4.79 Å². The van der Waals surface area contributed by atoms with Crippen LogP contribution in [0.25, 0.3) is 0 Å². The van der Waals surface area contributed by atoms with Crippen LogP contribution in [0.1, 0.15) is 6.92 Å². The third-order valence-electron chi connectivity index (χ3n) is 1.57. The number of amides is 1. The molecule has 0 N–H and O–H groups in total. The minimum Gasteiger partial charge on any atom is -0.383 e. The Morgan fingerprint density at radius 2 is 2.38 bits per heavy atom. The van der Waals surface area contributed by atoms with Gasteiger partial charge in [-0.2, -0.15) is 0 Å². The van der Waals surface area contributed by atoms with Crippen molar-refractivity contribution in [1.29, 1.82) is 0 Å². The minimum absolute atomic E-state index is 0.0846. The monoisotopic (exact) mass is 205 g/mol. The molecule has 0 aromatic carbocycles. The molecule has 0 radical (unpaired) electrons. The largest absolute Gasteiger partial charge is 0.383 e. The molecule has 4 heteroatoms. The number of ether oxygens (including phenoxy) is 1. The zero-order valence-electron chi connectivity index (χ0n) is 8.12. The van der Waals surface area contributed by atoms with Gasteiger partial charge in [-0.05, 0) is 6.92 Å². The summed E-state index contributed by atoms with van der Waals surface area (Å²) < 4.78 is 4.88. The van der Waals surface area contributed by atoms with Crippen LogP contribution >= 0.6 is 11.6 Å². The average molecular weight is 206 g/mol. The molecule has 0 rings (SSSR count). The first-order valence-corrected chi connectivity index (χ1v) is 4.59. The van der Waals surface area contributed by atoms with Gasteiger partial charge in [0.05, 0.1) is 6.61 Å². The van der Waals surface area contributed by atoms with E-state index >= 15 is 0 Å². The third-order valence-corrected chi connectivity index (χ3v) is 1.75. The molecule has 0 saturated heterocycles. The number of methoxy groups -OCH3 is 1. The van der Waals surface area contributed by atoms with Crippen LogP contribution in [0.5, 0.6) is 0 Å². The summed E-state index contributed by atoms with van der Waals surface area (Å²) in [6.45, 7) is 6.82. The molecular formula is C9H16ClNO2. The van der Waals surface area contributed by atoms with Crippen molar-refractivity contribution in [3.05, 3.63) is 12.7 Å². The normalized spacial score (nSPS) is 12.2. The minimum atomic E-state index is -0.489. The summed E-state index contributed by atoms with van der Waals surface area (Å²) >= 11 is 5.67. The van der Waals surface area contributed by atoms with Crippen molar-refractivity contribution in [2.45, 2.75) is 12.3 Å². The van der Waals surface area contributed by atoms with E-state index in [0.29, 0.717) is 19.7 Å². The van der Waals surface area contributed by atoms with Crippen molar-refractivity contribution >= 4 is 17.5 Å². The number of carbonyl (C=O) groups excluding carboxylic acids is 1. The summed E-state index contributed by atoms with van der Waals surface area (Å²) in [5.74, 6) is -0.0846. The van der Waals surface area contributed by atoms with Gasteiger partial charge in [0.1, 0.15) is 5.38 Å². The van der Waals surface area contributed by atoms with Gasteiger partial charge in [-0.15, -0.1) is 18.2 Å². The van der Waals surface area contributed by atoms with Gasteiger partial charge in [0, 0.05) is 20.2 Å². The maximum atomic E-state index is 11.4. The Balaban J connectivity index is 4.06. The summed E-state index contributed by atoms with van der Waals surface area (Å²) in [6, 6.07) is 0. The number of halogens is 1. The number of nitrogens with zero attached hydrogens (tertiary/aromatic N) is 1. The van der Waals surface area contributed by atoms with Gasteiger partial charge < -0.3 is 9.64 Å². The molecular weight excluding hydrogens is 190 g/mol. The van der Waals surface area contributed by atoms with E-state index in [1.165, 1.54) is 0 Å². The molecule has 0 bridgehead atoms. The first-order chi connectivity index (χ1) is 6.13. The fraction of sp³-hybridized carbons (Fsp3) is 0.667. The molecule has 0 aromatic rings. The Bertz CT molecular complexity index is 171. The fourth-order valence-electron chi connectivity index (χ4n) is 0.900. The zero-order chi connectivity index (χ0) is 10.3. The number of carbonyl (C=O) groups is 1. The topological polar surface area (TPSA) is 29.5 Å². The van der Waals surface area contributed by atoms with E-state index in [1.54, 1.807) is 25.0 Å². The summed E-state index contributed by atoms with van der Waals surface area (Å²) in [6.07, 6.45) is 1.67. The summed E-state index contributed by atoms with van der Waals surface area (Å²) in [5, 5.41) is -0.489. The van der Waals surface area contributed by atoms with Crippen LogP contribution < -0.4 is 0 Å². The van der Waals surface area contributed by atoms with Crippen LogP contribution in [0.2, 0.25) is 0 Å².